The zero-order valence-corrected chi connectivity index (χ0v) is 21.1. The minimum Gasteiger partial charge on any atom is -0.394 e. The summed E-state index contributed by atoms with van der Waals surface area (Å²) in [6, 6.07) is 11.6. The zero-order valence-electron chi connectivity index (χ0n) is 19.5. The normalized spacial score (nSPS) is 14.9. The van der Waals surface area contributed by atoms with E-state index in [1.165, 1.54) is 16.2 Å². The van der Waals surface area contributed by atoms with Crippen LogP contribution in [-0.4, -0.2) is 56.0 Å². The third kappa shape index (κ3) is 5.62. The summed E-state index contributed by atoms with van der Waals surface area (Å²) in [5.74, 6) is 0.118. The summed E-state index contributed by atoms with van der Waals surface area (Å²) in [6.07, 6.45) is 3.22. The van der Waals surface area contributed by atoms with Crippen LogP contribution in [0.2, 0.25) is 0 Å². The number of carbonyl (C=O) groups is 1. The van der Waals surface area contributed by atoms with Crippen molar-refractivity contribution in [1.82, 2.24) is 14.3 Å². The largest absolute Gasteiger partial charge is 0.394 e. The van der Waals surface area contributed by atoms with E-state index in [1.54, 1.807) is 23.2 Å². The Hall–Kier alpha value is -3.05. The molecule has 1 fully saturated rings. The van der Waals surface area contributed by atoms with Gasteiger partial charge in [-0.05, 0) is 37.1 Å². The molecule has 35 heavy (non-hydrogen) atoms. The van der Waals surface area contributed by atoms with Gasteiger partial charge in [0.2, 0.25) is 0 Å². The molecule has 4 rings (SSSR count). The second kappa shape index (κ2) is 11.1. The Labute approximate surface area is 212 Å². The Kier molecular flexibility index (Phi) is 7.97. The summed E-state index contributed by atoms with van der Waals surface area (Å²) in [5, 5.41) is 12.0. The van der Waals surface area contributed by atoms with E-state index < -0.39 is 0 Å². The summed E-state index contributed by atoms with van der Waals surface area (Å²) in [6.45, 7) is 5.12. The smallest absolute Gasteiger partial charge is 0.267 e. The molecule has 1 aromatic carbocycles. The Balaban J connectivity index is 1.67. The van der Waals surface area contributed by atoms with Gasteiger partial charge in [0, 0.05) is 12.7 Å². The molecule has 182 valence electrons. The van der Waals surface area contributed by atoms with Gasteiger partial charge in [0.25, 0.3) is 11.5 Å². The molecule has 1 aliphatic rings. The van der Waals surface area contributed by atoms with Gasteiger partial charge in [-0.3, -0.25) is 18.9 Å². The lowest BCUT2D eigenvalue weighted by Crippen LogP contribution is -2.27. The van der Waals surface area contributed by atoms with Crippen LogP contribution < -0.4 is 10.9 Å². The Morgan fingerprint density at radius 2 is 1.94 bits per heavy atom. The molecule has 3 aromatic rings. The van der Waals surface area contributed by atoms with Gasteiger partial charge in [0.1, 0.15) is 15.8 Å². The molecule has 3 heterocycles. The highest BCUT2D eigenvalue weighted by atomic mass is 32.2. The van der Waals surface area contributed by atoms with Crippen molar-refractivity contribution in [2.24, 2.45) is 0 Å². The van der Waals surface area contributed by atoms with Gasteiger partial charge >= 0.3 is 0 Å². The highest BCUT2D eigenvalue weighted by molar-refractivity contribution is 8.26. The van der Waals surface area contributed by atoms with E-state index >= 15 is 0 Å². The number of nitrogens with zero attached hydrogens (tertiary/aromatic N) is 3. The van der Waals surface area contributed by atoms with E-state index in [2.05, 4.69) is 10.3 Å². The maximum atomic E-state index is 13.4. The number of benzene rings is 1. The van der Waals surface area contributed by atoms with Crippen molar-refractivity contribution in [3.8, 4) is 0 Å². The standard InChI is InChI=1S/C25H26N4O4S2/c1-16-5-7-18(8-6-16)15-29-24(32)20(35-25(29)34)14-19-21(26-9-12-33-13-11-30)27-22-17(2)4-3-10-28(22)23(19)31/h3-8,10,14,26,30H,9,11-13,15H2,1-2H3. The van der Waals surface area contributed by atoms with Crippen molar-refractivity contribution in [2.75, 3.05) is 31.7 Å². The SMILES string of the molecule is Cc1ccc(CN2C(=O)C(=Cc3c(NCCOCCO)nc4c(C)cccn4c3=O)SC2=S)cc1. The van der Waals surface area contributed by atoms with Crippen LogP contribution in [0.3, 0.4) is 0 Å². The fourth-order valence-electron chi connectivity index (χ4n) is 3.63. The summed E-state index contributed by atoms with van der Waals surface area (Å²) in [7, 11) is 0. The second-order valence-corrected chi connectivity index (χ2v) is 9.76. The van der Waals surface area contributed by atoms with E-state index in [0.29, 0.717) is 40.4 Å². The molecule has 8 nitrogen and oxygen atoms in total. The van der Waals surface area contributed by atoms with E-state index in [0.717, 1.165) is 16.7 Å². The summed E-state index contributed by atoms with van der Waals surface area (Å²) in [5.41, 5.74) is 3.47. The van der Waals surface area contributed by atoms with Gasteiger partial charge < -0.3 is 15.2 Å². The van der Waals surface area contributed by atoms with E-state index in [-0.39, 0.29) is 30.2 Å². The number of thioether (sulfide) groups is 1. The van der Waals surface area contributed by atoms with E-state index in [4.69, 9.17) is 22.1 Å². The van der Waals surface area contributed by atoms with Crippen molar-refractivity contribution in [2.45, 2.75) is 20.4 Å². The van der Waals surface area contributed by atoms with Crippen molar-refractivity contribution in [3.05, 3.63) is 80.1 Å². The zero-order chi connectivity index (χ0) is 24.9. The van der Waals surface area contributed by atoms with Crippen LogP contribution in [0.25, 0.3) is 11.7 Å². The van der Waals surface area contributed by atoms with E-state index in [9.17, 15) is 9.59 Å². The van der Waals surface area contributed by atoms with Crippen LogP contribution in [0.1, 0.15) is 22.3 Å². The van der Waals surface area contributed by atoms with Gasteiger partial charge in [-0.2, -0.15) is 0 Å². The summed E-state index contributed by atoms with van der Waals surface area (Å²) < 4.78 is 7.22. The molecular weight excluding hydrogens is 484 g/mol. The van der Waals surface area contributed by atoms with Crippen LogP contribution in [0, 0.1) is 13.8 Å². The number of anilines is 1. The van der Waals surface area contributed by atoms with Crippen LogP contribution in [0.5, 0.6) is 0 Å². The predicted octanol–water partition coefficient (Wildman–Crippen LogP) is 3.13. The molecule has 1 saturated heterocycles. The maximum absolute atomic E-state index is 13.4. The number of hydrogen-bond donors (Lipinski definition) is 2. The minimum absolute atomic E-state index is 0.0650. The van der Waals surface area contributed by atoms with Gasteiger partial charge in [0.15, 0.2) is 0 Å². The Morgan fingerprint density at radius 1 is 1.17 bits per heavy atom. The number of ether oxygens (including phenoxy) is 1. The van der Waals surface area contributed by atoms with Gasteiger partial charge in [-0.15, -0.1) is 0 Å². The molecule has 2 aromatic heterocycles. The van der Waals surface area contributed by atoms with Crippen LogP contribution in [0.4, 0.5) is 5.82 Å². The van der Waals surface area contributed by atoms with Gasteiger partial charge in [-0.25, -0.2) is 4.98 Å². The number of aliphatic hydroxyl groups is 1. The molecule has 0 spiro atoms. The van der Waals surface area contributed by atoms with Crippen molar-refractivity contribution < 1.29 is 14.6 Å². The van der Waals surface area contributed by atoms with Crippen molar-refractivity contribution >= 4 is 51.7 Å². The number of pyridine rings is 1. The molecule has 0 atom stereocenters. The average Bonchev–Trinajstić information content (AvgIpc) is 3.10. The maximum Gasteiger partial charge on any atom is 0.267 e. The molecular formula is C25H26N4O4S2. The Bertz CT molecular complexity index is 1350. The minimum atomic E-state index is -0.290. The number of rotatable bonds is 9. The molecule has 0 unspecified atom stereocenters. The number of carbonyl (C=O) groups excluding carboxylic acids is 1. The lowest BCUT2D eigenvalue weighted by atomic mass is 10.1. The molecule has 0 bridgehead atoms. The van der Waals surface area contributed by atoms with Crippen LogP contribution in [0.15, 0.2) is 52.3 Å². The number of amides is 1. The van der Waals surface area contributed by atoms with Crippen molar-refractivity contribution in [1.29, 1.82) is 0 Å². The number of aromatic nitrogens is 2. The molecule has 0 radical (unpaired) electrons. The topological polar surface area (TPSA) is 96.2 Å². The van der Waals surface area contributed by atoms with E-state index in [1.807, 2.05) is 44.2 Å². The second-order valence-electron chi connectivity index (χ2n) is 8.08. The van der Waals surface area contributed by atoms with Gasteiger partial charge in [-0.1, -0.05) is 59.9 Å². The summed E-state index contributed by atoms with van der Waals surface area (Å²) >= 11 is 6.65. The molecule has 10 heteroatoms. The number of thiocarbonyl (C=S) groups is 1. The molecule has 1 aliphatic heterocycles. The first-order chi connectivity index (χ1) is 16.9. The Morgan fingerprint density at radius 3 is 2.69 bits per heavy atom. The molecule has 1 amide bonds. The third-order valence-electron chi connectivity index (χ3n) is 5.47. The summed E-state index contributed by atoms with van der Waals surface area (Å²) in [4.78, 5) is 33.2. The lowest BCUT2D eigenvalue weighted by molar-refractivity contribution is -0.122. The predicted molar refractivity (Wildman–Crippen MR) is 142 cm³/mol. The lowest BCUT2D eigenvalue weighted by Gasteiger charge is -2.14. The first kappa shape index (κ1) is 25.1. The van der Waals surface area contributed by atoms with Gasteiger partial charge in [0.05, 0.1) is 36.8 Å². The molecule has 0 saturated carbocycles. The molecule has 0 aliphatic carbocycles. The number of aliphatic hydroxyl groups excluding tert-OH is 1. The quantitative estimate of drug-likeness (QED) is 0.258. The van der Waals surface area contributed by atoms with Crippen molar-refractivity contribution in [3.63, 3.8) is 0 Å². The van der Waals surface area contributed by atoms with Crippen LogP contribution in [-0.2, 0) is 16.1 Å². The monoisotopic (exact) mass is 510 g/mol. The number of aryl methyl sites for hydroxylation is 2. The third-order valence-corrected chi connectivity index (χ3v) is 6.85. The highest BCUT2D eigenvalue weighted by Crippen LogP contribution is 2.34. The van der Waals surface area contributed by atoms with Crippen LogP contribution >= 0.6 is 24.0 Å². The average molecular weight is 511 g/mol. The number of hydrogen-bond acceptors (Lipinski definition) is 8. The number of fused-ring (bicyclic) bond motifs is 1. The fourth-order valence-corrected chi connectivity index (χ4v) is 4.87. The first-order valence-corrected chi connectivity index (χ1v) is 12.4. The highest BCUT2D eigenvalue weighted by Gasteiger charge is 2.32. The first-order valence-electron chi connectivity index (χ1n) is 11.1. The number of nitrogens with one attached hydrogen (secondary N) is 1. The molecule has 2 N–H and O–H groups in total. The fraction of sp³-hybridized carbons (Fsp3) is 0.280.